The first-order chi connectivity index (χ1) is 10.2. The average Bonchev–Trinajstić information content (AvgIpc) is 2.96. The fraction of sp³-hybridized carbons (Fsp3) is 0.769. The highest BCUT2D eigenvalue weighted by molar-refractivity contribution is 5.75. The zero-order valence-electron chi connectivity index (χ0n) is 12.5. The number of rotatable bonds is 7. The van der Waals surface area contributed by atoms with Crippen LogP contribution in [-0.2, 0) is 25.5 Å². The van der Waals surface area contributed by atoms with Gasteiger partial charge in [-0.05, 0) is 13.8 Å². The Hall–Kier alpha value is -1.51. The van der Waals surface area contributed by atoms with Gasteiger partial charge in [-0.1, -0.05) is 5.21 Å². The zero-order valence-corrected chi connectivity index (χ0v) is 12.5. The molecule has 21 heavy (non-hydrogen) atoms. The first-order valence-electron chi connectivity index (χ1n) is 7.23. The number of carbonyl (C=O) groups excluding carboxylic acids is 1. The molecule has 1 aliphatic heterocycles. The van der Waals surface area contributed by atoms with E-state index in [0.29, 0.717) is 45.2 Å². The van der Waals surface area contributed by atoms with Crippen molar-refractivity contribution in [2.45, 2.75) is 26.7 Å². The van der Waals surface area contributed by atoms with E-state index >= 15 is 0 Å². The largest absolute Gasteiger partial charge is 0.378 e. The van der Waals surface area contributed by atoms with Gasteiger partial charge in [-0.25, -0.2) is 4.68 Å². The van der Waals surface area contributed by atoms with E-state index in [1.807, 2.05) is 13.8 Å². The second kappa shape index (κ2) is 8.06. The van der Waals surface area contributed by atoms with Crippen LogP contribution < -0.4 is 0 Å². The van der Waals surface area contributed by atoms with Gasteiger partial charge in [-0.15, -0.1) is 5.10 Å². The third kappa shape index (κ3) is 4.48. The number of hydrogen-bond acceptors (Lipinski definition) is 6. The van der Waals surface area contributed by atoms with Crippen molar-refractivity contribution in [1.29, 1.82) is 0 Å². The molecule has 0 N–H and O–H groups in total. The van der Waals surface area contributed by atoms with E-state index in [0.717, 1.165) is 0 Å². The van der Waals surface area contributed by atoms with Crippen molar-refractivity contribution in [3.63, 3.8) is 0 Å². The lowest BCUT2D eigenvalue weighted by molar-refractivity contribution is -0.142. The minimum atomic E-state index is -0.535. The predicted octanol–water partition coefficient (Wildman–Crippen LogP) is 0.209. The lowest BCUT2D eigenvalue weighted by Crippen LogP contribution is -2.42. The summed E-state index contributed by atoms with van der Waals surface area (Å²) in [7, 11) is 0. The highest BCUT2D eigenvalue weighted by Crippen LogP contribution is 2.15. The smallest absolute Gasteiger partial charge is 0.244 e. The molecule has 0 spiro atoms. The van der Waals surface area contributed by atoms with Crippen LogP contribution in [0.1, 0.15) is 25.8 Å². The maximum atomic E-state index is 12.1. The molecule has 0 saturated carbocycles. The molecule has 0 unspecified atom stereocenters. The van der Waals surface area contributed by atoms with Crippen LogP contribution in [0.5, 0.6) is 0 Å². The Labute approximate surface area is 123 Å². The van der Waals surface area contributed by atoms with Crippen LogP contribution in [0.4, 0.5) is 0 Å². The molecule has 0 radical (unpaired) electrons. The number of amides is 1. The summed E-state index contributed by atoms with van der Waals surface area (Å²) in [5.41, 5.74) is 0.577. The van der Waals surface area contributed by atoms with E-state index in [1.54, 1.807) is 11.1 Å². The van der Waals surface area contributed by atoms with E-state index in [2.05, 4.69) is 10.3 Å². The Balaban J connectivity index is 1.93. The van der Waals surface area contributed by atoms with Gasteiger partial charge in [0, 0.05) is 26.3 Å². The molecule has 0 aliphatic carbocycles. The molecular formula is C13H22N4O4. The quantitative estimate of drug-likeness (QED) is 0.670. The lowest BCUT2D eigenvalue weighted by atomic mass is 10.4. The molecular weight excluding hydrogens is 276 g/mol. The van der Waals surface area contributed by atoms with Crippen LogP contribution in [0.15, 0.2) is 6.20 Å². The van der Waals surface area contributed by atoms with Crippen molar-refractivity contribution >= 4 is 5.91 Å². The van der Waals surface area contributed by atoms with E-state index in [-0.39, 0.29) is 12.5 Å². The van der Waals surface area contributed by atoms with Crippen LogP contribution in [0.25, 0.3) is 0 Å². The average molecular weight is 298 g/mol. The number of carbonyl (C=O) groups is 1. The Morgan fingerprint density at radius 3 is 2.62 bits per heavy atom. The van der Waals surface area contributed by atoms with Gasteiger partial charge in [0.25, 0.3) is 0 Å². The van der Waals surface area contributed by atoms with Gasteiger partial charge in [0.1, 0.15) is 12.2 Å². The summed E-state index contributed by atoms with van der Waals surface area (Å²) in [5.74, 6) is 0.0131. The van der Waals surface area contributed by atoms with Crippen molar-refractivity contribution in [3.8, 4) is 0 Å². The second-order valence-electron chi connectivity index (χ2n) is 4.58. The van der Waals surface area contributed by atoms with Crippen molar-refractivity contribution in [2.75, 3.05) is 39.5 Å². The zero-order chi connectivity index (χ0) is 15.1. The lowest BCUT2D eigenvalue weighted by Gasteiger charge is -2.26. The van der Waals surface area contributed by atoms with Crippen LogP contribution >= 0.6 is 0 Å². The van der Waals surface area contributed by atoms with Gasteiger partial charge in [0.05, 0.1) is 19.4 Å². The molecule has 0 atom stereocenters. The predicted molar refractivity (Wildman–Crippen MR) is 73.4 cm³/mol. The molecule has 1 aliphatic rings. The van der Waals surface area contributed by atoms with Crippen molar-refractivity contribution in [3.05, 3.63) is 11.9 Å². The van der Waals surface area contributed by atoms with Crippen LogP contribution in [0, 0.1) is 0 Å². The molecule has 2 heterocycles. The second-order valence-corrected chi connectivity index (χ2v) is 4.58. The third-order valence-electron chi connectivity index (χ3n) is 3.09. The molecule has 118 valence electrons. The van der Waals surface area contributed by atoms with E-state index < -0.39 is 6.29 Å². The highest BCUT2D eigenvalue weighted by atomic mass is 16.7. The first kappa shape index (κ1) is 15.9. The molecule has 8 heteroatoms. The fourth-order valence-electron chi connectivity index (χ4n) is 2.07. The molecule has 0 bridgehead atoms. The Morgan fingerprint density at radius 2 is 2.00 bits per heavy atom. The van der Waals surface area contributed by atoms with Crippen LogP contribution in [0.3, 0.4) is 0 Å². The number of morpholine rings is 1. The van der Waals surface area contributed by atoms with Gasteiger partial charge in [0.15, 0.2) is 0 Å². The minimum absolute atomic E-state index is 0.0131. The normalized spacial score (nSPS) is 15.7. The number of aromatic nitrogens is 3. The van der Waals surface area contributed by atoms with Crippen LogP contribution in [-0.4, -0.2) is 65.3 Å². The molecule has 8 nitrogen and oxygen atoms in total. The molecule has 1 aromatic rings. The van der Waals surface area contributed by atoms with Gasteiger partial charge in [-0.2, -0.15) is 0 Å². The first-order valence-corrected chi connectivity index (χ1v) is 7.23. The fourth-order valence-corrected chi connectivity index (χ4v) is 2.07. The number of hydrogen-bond donors (Lipinski definition) is 0. The molecule has 1 fully saturated rings. The van der Waals surface area contributed by atoms with Crippen LogP contribution in [0.2, 0.25) is 0 Å². The minimum Gasteiger partial charge on any atom is -0.378 e. The Bertz CT molecular complexity index is 439. The van der Waals surface area contributed by atoms with Gasteiger partial charge >= 0.3 is 0 Å². The Morgan fingerprint density at radius 1 is 1.33 bits per heavy atom. The highest BCUT2D eigenvalue weighted by Gasteiger charge is 2.20. The van der Waals surface area contributed by atoms with Gasteiger partial charge in [-0.3, -0.25) is 4.79 Å². The van der Waals surface area contributed by atoms with Crippen molar-refractivity contribution in [1.82, 2.24) is 19.9 Å². The maximum Gasteiger partial charge on any atom is 0.244 e. The molecule has 1 saturated heterocycles. The van der Waals surface area contributed by atoms with Crippen molar-refractivity contribution in [2.24, 2.45) is 0 Å². The molecule has 1 aromatic heterocycles. The summed E-state index contributed by atoms with van der Waals surface area (Å²) in [6, 6.07) is 0. The van der Waals surface area contributed by atoms with Gasteiger partial charge < -0.3 is 19.1 Å². The SMILES string of the molecule is CCOC(OCC)c1cn(CC(=O)N2CCOCC2)nn1. The standard InChI is InChI=1S/C13H22N4O4/c1-3-20-13(21-4-2)11-9-17(15-14-11)10-12(18)16-5-7-19-8-6-16/h9,13H,3-8,10H2,1-2H3. The molecule has 2 rings (SSSR count). The summed E-state index contributed by atoms with van der Waals surface area (Å²) < 4.78 is 17.6. The summed E-state index contributed by atoms with van der Waals surface area (Å²) in [5, 5.41) is 7.98. The van der Waals surface area contributed by atoms with E-state index in [4.69, 9.17) is 14.2 Å². The van der Waals surface area contributed by atoms with E-state index in [9.17, 15) is 4.79 Å². The monoisotopic (exact) mass is 298 g/mol. The molecule has 1 amide bonds. The third-order valence-corrected chi connectivity index (χ3v) is 3.09. The van der Waals surface area contributed by atoms with E-state index in [1.165, 1.54) is 4.68 Å². The summed E-state index contributed by atoms with van der Waals surface area (Å²) in [4.78, 5) is 13.9. The topological polar surface area (TPSA) is 78.7 Å². The summed E-state index contributed by atoms with van der Waals surface area (Å²) in [6.07, 6.45) is 1.15. The number of ether oxygens (including phenoxy) is 3. The summed E-state index contributed by atoms with van der Waals surface area (Å²) >= 11 is 0. The number of nitrogens with zero attached hydrogens (tertiary/aromatic N) is 4. The summed E-state index contributed by atoms with van der Waals surface area (Å²) in [6.45, 7) is 7.40. The molecule has 0 aromatic carbocycles. The Kier molecular flexibility index (Phi) is 6.09. The van der Waals surface area contributed by atoms with Crippen molar-refractivity contribution < 1.29 is 19.0 Å². The maximum absolute atomic E-state index is 12.1. The van der Waals surface area contributed by atoms with Gasteiger partial charge in [0.2, 0.25) is 12.2 Å².